The zero-order valence-electron chi connectivity index (χ0n) is 15.4. The van der Waals surface area contributed by atoms with Gasteiger partial charge in [0.2, 0.25) is 5.91 Å². The van der Waals surface area contributed by atoms with Gasteiger partial charge in [-0.05, 0) is 55.4 Å². The first-order valence-electron chi connectivity index (χ1n) is 8.65. The summed E-state index contributed by atoms with van der Waals surface area (Å²) in [6.07, 6.45) is -4.50. The summed E-state index contributed by atoms with van der Waals surface area (Å²) in [5.74, 6) is -1.01. The van der Waals surface area contributed by atoms with Crippen molar-refractivity contribution in [3.8, 4) is 0 Å². The Bertz CT molecular complexity index is 801. The van der Waals surface area contributed by atoms with Gasteiger partial charge >= 0.3 is 6.18 Å². The van der Waals surface area contributed by atoms with Gasteiger partial charge in [-0.3, -0.25) is 9.69 Å². The summed E-state index contributed by atoms with van der Waals surface area (Å²) in [7, 11) is 0. The number of carbonyl (C=O) groups is 1. The predicted octanol–water partition coefficient (Wildman–Crippen LogP) is 5.17. The number of aryl methyl sites for hydroxylation is 1. The SMILES string of the molecule is CCN(CC)C(C(=O)Nc1cc(F)ccc1C)c1cccc(C(F)(F)F)c1. The van der Waals surface area contributed by atoms with Gasteiger partial charge in [-0.2, -0.15) is 13.2 Å². The number of rotatable bonds is 6. The van der Waals surface area contributed by atoms with Crippen molar-refractivity contribution in [3.63, 3.8) is 0 Å². The molecule has 146 valence electrons. The Morgan fingerprint density at radius 2 is 1.78 bits per heavy atom. The second kappa shape index (κ2) is 8.52. The molecule has 0 aromatic heterocycles. The van der Waals surface area contributed by atoms with Crippen molar-refractivity contribution in [3.05, 3.63) is 65.0 Å². The molecule has 7 heteroatoms. The molecule has 0 fully saturated rings. The van der Waals surface area contributed by atoms with E-state index in [1.807, 2.05) is 13.8 Å². The van der Waals surface area contributed by atoms with Crippen molar-refractivity contribution in [1.82, 2.24) is 4.90 Å². The molecule has 0 radical (unpaired) electrons. The van der Waals surface area contributed by atoms with Crippen LogP contribution in [0.5, 0.6) is 0 Å². The third-order valence-electron chi connectivity index (χ3n) is 4.41. The first kappa shape index (κ1) is 20.9. The molecule has 3 nitrogen and oxygen atoms in total. The van der Waals surface area contributed by atoms with Gasteiger partial charge in [-0.25, -0.2) is 4.39 Å². The number of likely N-dealkylation sites (N-methyl/N-ethyl adjacent to an activating group) is 1. The largest absolute Gasteiger partial charge is 0.416 e. The number of benzene rings is 2. The molecule has 0 heterocycles. The highest BCUT2D eigenvalue weighted by Crippen LogP contribution is 2.32. The normalized spacial score (nSPS) is 12.9. The molecule has 2 aromatic carbocycles. The lowest BCUT2D eigenvalue weighted by Crippen LogP contribution is -2.37. The smallest absolute Gasteiger partial charge is 0.324 e. The molecule has 0 spiro atoms. The second-order valence-electron chi connectivity index (χ2n) is 6.20. The minimum Gasteiger partial charge on any atom is -0.324 e. The van der Waals surface area contributed by atoms with Crippen LogP contribution >= 0.6 is 0 Å². The quantitative estimate of drug-likeness (QED) is 0.699. The number of hydrogen-bond acceptors (Lipinski definition) is 2. The maximum Gasteiger partial charge on any atom is 0.416 e. The molecule has 1 unspecified atom stereocenters. The summed E-state index contributed by atoms with van der Waals surface area (Å²) < 4.78 is 52.8. The molecule has 0 aliphatic carbocycles. The monoisotopic (exact) mass is 382 g/mol. The van der Waals surface area contributed by atoms with E-state index in [1.165, 1.54) is 30.3 Å². The Balaban J connectivity index is 2.43. The number of nitrogens with zero attached hydrogens (tertiary/aromatic N) is 1. The molecular formula is C20H22F4N2O. The molecule has 0 bridgehead atoms. The Morgan fingerprint density at radius 3 is 2.37 bits per heavy atom. The van der Waals surface area contributed by atoms with Crippen LogP contribution in [0.4, 0.5) is 23.2 Å². The summed E-state index contributed by atoms with van der Waals surface area (Å²) in [4.78, 5) is 14.7. The first-order valence-corrected chi connectivity index (χ1v) is 8.65. The number of nitrogens with one attached hydrogen (secondary N) is 1. The van der Waals surface area contributed by atoms with Gasteiger partial charge in [0.1, 0.15) is 11.9 Å². The topological polar surface area (TPSA) is 32.3 Å². The summed E-state index contributed by atoms with van der Waals surface area (Å²) >= 11 is 0. The van der Waals surface area contributed by atoms with E-state index in [0.29, 0.717) is 24.3 Å². The van der Waals surface area contributed by atoms with Crippen LogP contribution < -0.4 is 5.32 Å². The maximum atomic E-state index is 13.5. The summed E-state index contributed by atoms with van der Waals surface area (Å²) in [6, 6.07) is 7.81. The number of carbonyl (C=O) groups excluding carboxylic acids is 1. The van der Waals surface area contributed by atoms with Crippen LogP contribution in [-0.2, 0) is 11.0 Å². The Hall–Kier alpha value is -2.41. The van der Waals surface area contributed by atoms with E-state index in [-0.39, 0.29) is 5.56 Å². The average molecular weight is 382 g/mol. The molecule has 0 saturated carbocycles. The Labute approximate surface area is 156 Å². The fourth-order valence-corrected chi connectivity index (χ4v) is 2.93. The van der Waals surface area contributed by atoms with Crippen LogP contribution in [-0.4, -0.2) is 23.9 Å². The number of anilines is 1. The third-order valence-corrected chi connectivity index (χ3v) is 4.41. The molecule has 27 heavy (non-hydrogen) atoms. The lowest BCUT2D eigenvalue weighted by atomic mass is 10.0. The summed E-state index contributed by atoms with van der Waals surface area (Å²) in [6.45, 7) is 6.29. The maximum absolute atomic E-state index is 13.5. The van der Waals surface area contributed by atoms with Gasteiger partial charge in [0.05, 0.1) is 5.56 Å². The molecule has 2 rings (SSSR count). The first-order chi connectivity index (χ1) is 12.7. The highest BCUT2D eigenvalue weighted by atomic mass is 19.4. The van der Waals surface area contributed by atoms with Gasteiger partial charge in [0.15, 0.2) is 0 Å². The van der Waals surface area contributed by atoms with Crippen LogP contribution in [0.1, 0.15) is 36.6 Å². The standard InChI is InChI=1S/C20H22F4N2O/c1-4-26(5-2)18(14-7-6-8-15(11-14)20(22,23)24)19(27)25-17-12-16(21)10-9-13(17)3/h6-12,18H,4-5H2,1-3H3,(H,25,27). The number of amides is 1. The van der Waals surface area contributed by atoms with E-state index >= 15 is 0 Å². The number of hydrogen-bond donors (Lipinski definition) is 1. The molecule has 0 aliphatic heterocycles. The zero-order chi connectivity index (χ0) is 20.2. The minimum absolute atomic E-state index is 0.236. The number of halogens is 4. The highest BCUT2D eigenvalue weighted by molar-refractivity contribution is 5.96. The van der Waals surface area contributed by atoms with Gasteiger partial charge in [-0.15, -0.1) is 0 Å². The van der Waals surface area contributed by atoms with Crippen molar-refractivity contribution in [2.45, 2.75) is 33.0 Å². The summed E-state index contributed by atoms with van der Waals surface area (Å²) in [5, 5.41) is 2.66. The van der Waals surface area contributed by atoms with Gasteiger partial charge < -0.3 is 5.32 Å². The van der Waals surface area contributed by atoms with E-state index in [2.05, 4.69) is 5.32 Å². The fraction of sp³-hybridized carbons (Fsp3) is 0.350. The predicted molar refractivity (Wildman–Crippen MR) is 96.9 cm³/mol. The molecule has 0 aliphatic rings. The highest BCUT2D eigenvalue weighted by Gasteiger charge is 2.33. The van der Waals surface area contributed by atoms with Crippen LogP contribution in [0.3, 0.4) is 0 Å². The molecular weight excluding hydrogens is 360 g/mol. The second-order valence-corrected chi connectivity index (χ2v) is 6.20. The Morgan fingerprint density at radius 1 is 1.11 bits per heavy atom. The van der Waals surface area contributed by atoms with Crippen LogP contribution in [0.25, 0.3) is 0 Å². The van der Waals surface area contributed by atoms with E-state index in [4.69, 9.17) is 0 Å². The molecule has 1 amide bonds. The van der Waals surface area contributed by atoms with Gasteiger partial charge in [-0.1, -0.05) is 32.0 Å². The van der Waals surface area contributed by atoms with Crippen molar-refractivity contribution < 1.29 is 22.4 Å². The third kappa shape index (κ3) is 5.07. The van der Waals surface area contributed by atoms with Crippen LogP contribution in [0.15, 0.2) is 42.5 Å². The van der Waals surface area contributed by atoms with Gasteiger partial charge in [0.25, 0.3) is 0 Å². The summed E-state index contributed by atoms with van der Waals surface area (Å²) in [5.41, 5.74) is 0.378. The van der Waals surface area contributed by atoms with Crippen LogP contribution in [0, 0.1) is 12.7 Å². The molecule has 2 aromatic rings. The van der Waals surface area contributed by atoms with E-state index in [0.717, 1.165) is 12.1 Å². The van der Waals surface area contributed by atoms with E-state index in [1.54, 1.807) is 11.8 Å². The minimum atomic E-state index is -4.50. The number of alkyl halides is 3. The van der Waals surface area contributed by atoms with Crippen molar-refractivity contribution >= 4 is 11.6 Å². The van der Waals surface area contributed by atoms with E-state index < -0.39 is 29.5 Å². The van der Waals surface area contributed by atoms with Crippen molar-refractivity contribution in [2.24, 2.45) is 0 Å². The van der Waals surface area contributed by atoms with Crippen molar-refractivity contribution in [2.75, 3.05) is 18.4 Å². The Kier molecular flexibility index (Phi) is 6.59. The van der Waals surface area contributed by atoms with Gasteiger partial charge in [0, 0.05) is 5.69 Å². The van der Waals surface area contributed by atoms with Crippen LogP contribution in [0.2, 0.25) is 0 Å². The average Bonchev–Trinajstić information content (AvgIpc) is 2.61. The van der Waals surface area contributed by atoms with E-state index in [9.17, 15) is 22.4 Å². The molecule has 1 N–H and O–H groups in total. The lowest BCUT2D eigenvalue weighted by Gasteiger charge is -2.29. The lowest BCUT2D eigenvalue weighted by molar-refractivity contribution is -0.137. The van der Waals surface area contributed by atoms with Crippen molar-refractivity contribution in [1.29, 1.82) is 0 Å². The zero-order valence-corrected chi connectivity index (χ0v) is 15.4. The molecule has 1 atom stereocenters. The molecule has 0 saturated heterocycles. The fourth-order valence-electron chi connectivity index (χ4n) is 2.93.